The molecule has 0 bridgehead atoms. The molecule has 1 saturated heterocycles. The van der Waals surface area contributed by atoms with Crippen molar-refractivity contribution in [1.29, 1.82) is 0 Å². The van der Waals surface area contributed by atoms with Crippen molar-refractivity contribution >= 4 is 17.5 Å². The second kappa shape index (κ2) is 6.37. The maximum absolute atomic E-state index is 13.8. The summed E-state index contributed by atoms with van der Waals surface area (Å²) in [5, 5.41) is 12.4. The Morgan fingerprint density at radius 3 is 2.59 bits per heavy atom. The summed E-state index contributed by atoms with van der Waals surface area (Å²) in [5.74, 6) is -1.23. The summed E-state index contributed by atoms with van der Waals surface area (Å²) in [6.45, 7) is 3.00. The van der Waals surface area contributed by atoms with Gasteiger partial charge >= 0.3 is 0 Å². The second-order valence-corrected chi connectivity index (χ2v) is 7.73. The normalized spacial score (nSPS) is 17.9. The van der Waals surface area contributed by atoms with Gasteiger partial charge in [-0.25, -0.2) is 4.39 Å². The first-order chi connectivity index (χ1) is 12.9. The highest BCUT2D eigenvalue weighted by atomic mass is 19.1. The summed E-state index contributed by atoms with van der Waals surface area (Å²) >= 11 is 0. The molecular weight excluding hydrogens is 347 g/mol. The number of phenols is 1. The van der Waals surface area contributed by atoms with Crippen LogP contribution in [0.5, 0.6) is 5.75 Å². The van der Waals surface area contributed by atoms with E-state index >= 15 is 0 Å². The SMILES string of the molecule is Cc1ccccc1NC(=O)C1CC2(C1)CN(C(=O)c1cc(O)ccc1F)C2. The van der Waals surface area contributed by atoms with Gasteiger partial charge in [0.1, 0.15) is 11.6 Å². The molecule has 2 N–H and O–H groups in total. The number of para-hydroxylation sites is 1. The van der Waals surface area contributed by atoms with Crippen LogP contribution in [-0.4, -0.2) is 34.9 Å². The summed E-state index contributed by atoms with van der Waals surface area (Å²) in [4.78, 5) is 26.4. The molecule has 0 atom stereocenters. The van der Waals surface area contributed by atoms with Crippen molar-refractivity contribution in [2.45, 2.75) is 19.8 Å². The van der Waals surface area contributed by atoms with Gasteiger partial charge in [-0.05, 0) is 49.6 Å². The van der Waals surface area contributed by atoms with Gasteiger partial charge in [0.2, 0.25) is 5.91 Å². The number of carbonyl (C=O) groups excluding carboxylic acids is 2. The van der Waals surface area contributed by atoms with E-state index in [9.17, 15) is 19.1 Å². The molecule has 27 heavy (non-hydrogen) atoms. The van der Waals surface area contributed by atoms with Gasteiger partial charge in [-0.3, -0.25) is 9.59 Å². The van der Waals surface area contributed by atoms with Crippen molar-refractivity contribution in [2.24, 2.45) is 11.3 Å². The molecule has 2 aromatic carbocycles. The van der Waals surface area contributed by atoms with Gasteiger partial charge in [-0.15, -0.1) is 0 Å². The van der Waals surface area contributed by atoms with E-state index in [1.54, 1.807) is 4.90 Å². The zero-order chi connectivity index (χ0) is 19.2. The molecule has 1 aliphatic heterocycles. The van der Waals surface area contributed by atoms with Crippen LogP contribution in [0.3, 0.4) is 0 Å². The summed E-state index contributed by atoms with van der Waals surface area (Å²) < 4.78 is 13.8. The van der Waals surface area contributed by atoms with Crippen LogP contribution < -0.4 is 5.32 Å². The highest BCUT2D eigenvalue weighted by Crippen LogP contribution is 2.52. The van der Waals surface area contributed by atoms with Crippen LogP contribution in [0.15, 0.2) is 42.5 Å². The number of carbonyl (C=O) groups is 2. The highest BCUT2D eigenvalue weighted by Gasteiger charge is 2.55. The van der Waals surface area contributed by atoms with Crippen LogP contribution in [0.1, 0.15) is 28.8 Å². The lowest BCUT2D eigenvalue weighted by atomic mass is 9.57. The zero-order valence-corrected chi connectivity index (χ0v) is 15.0. The van der Waals surface area contributed by atoms with E-state index in [2.05, 4.69) is 5.32 Å². The van der Waals surface area contributed by atoms with Crippen molar-refractivity contribution in [1.82, 2.24) is 4.90 Å². The van der Waals surface area contributed by atoms with E-state index in [1.165, 1.54) is 6.07 Å². The van der Waals surface area contributed by atoms with Crippen molar-refractivity contribution in [3.63, 3.8) is 0 Å². The number of likely N-dealkylation sites (tertiary alicyclic amines) is 1. The molecule has 1 heterocycles. The van der Waals surface area contributed by atoms with Gasteiger partial charge in [0.05, 0.1) is 5.56 Å². The number of aryl methyl sites for hydroxylation is 1. The minimum absolute atomic E-state index is 0.0127. The number of rotatable bonds is 3. The average molecular weight is 368 g/mol. The molecule has 2 fully saturated rings. The van der Waals surface area contributed by atoms with Crippen LogP contribution in [-0.2, 0) is 4.79 Å². The molecule has 6 heteroatoms. The Labute approximate surface area is 156 Å². The van der Waals surface area contributed by atoms with Gasteiger partial charge in [0, 0.05) is 30.1 Å². The van der Waals surface area contributed by atoms with Crippen LogP contribution in [0.4, 0.5) is 10.1 Å². The van der Waals surface area contributed by atoms with Gasteiger partial charge in [-0.2, -0.15) is 0 Å². The number of phenolic OH excluding ortho intramolecular Hbond substituents is 1. The predicted molar refractivity (Wildman–Crippen MR) is 98.9 cm³/mol. The molecule has 2 aromatic rings. The van der Waals surface area contributed by atoms with Crippen molar-refractivity contribution in [3.05, 3.63) is 59.4 Å². The molecule has 1 spiro atoms. The van der Waals surface area contributed by atoms with E-state index in [0.717, 1.165) is 36.2 Å². The number of nitrogens with one attached hydrogen (secondary N) is 1. The Morgan fingerprint density at radius 1 is 1.19 bits per heavy atom. The fourth-order valence-electron chi connectivity index (χ4n) is 4.13. The van der Waals surface area contributed by atoms with E-state index in [0.29, 0.717) is 13.1 Å². The molecule has 2 aliphatic rings. The first-order valence-corrected chi connectivity index (χ1v) is 9.01. The van der Waals surface area contributed by atoms with Crippen LogP contribution in [0.25, 0.3) is 0 Å². The smallest absolute Gasteiger partial charge is 0.257 e. The number of nitrogens with zero attached hydrogens (tertiary/aromatic N) is 1. The number of benzene rings is 2. The number of aromatic hydroxyl groups is 1. The molecule has 1 saturated carbocycles. The largest absolute Gasteiger partial charge is 0.508 e. The summed E-state index contributed by atoms with van der Waals surface area (Å²) in [7, 11) is 0. The molecule has 0 radical (unpaired) electrons. The fourth-order valence-corrected chi connectivity index (χ4v) is 4.13. The maximum Gasteiger partial charge on any atom is 0.257 e. The van der Waals surface area contributed by atoms with Crippen LogP contribution in [0.2, 0.25) is 0 Å². The molecule has 0 aromatic heterocycles. The lowest BCUT2D eigenvalue weighted by Crippen LogP contribution is -2.65. The second-order valence-electron chi connectivity index (χ2n) is 7.73. The van der Waals surface area contributed by atoms with E-state index < -0.39 is 11.7 Å². The standard InChI is InChI=1S/C21H21FN2O3/c1-13-4-2-3-5-18(13)23-19(26)14-9-21(10-14)11-24(12-21)20(27)16-8-15(25)6-7-17(16)22/h2-8,14,25H,9-12H2,1H3,(H,23,26). The number of hydrogen-bond acceptors (Lipinski definition) is 3. The van der Waals surface area contributed by atoms with Gasteiger partial charge in [-0.1, -0.05) is 18.2 Å². The Bertz CT molecular complexity index is 913. The Kier molecular flexibility index (Phi) is 4.13. The Balaban J connectivity index is 1.32. The summed E-state index contributed by atoms with van der Waals surface area (Å²) in [6.07, 6.45) is 1.47. The van der Waals surface area contributed by atoms with E-state index in [-0.39, 0.29) is 28.6 Å². The molecule has 4 rings (SSSR count). The van der Waals surface area contributed by atoms with Crippen molar-refractivity contribution in [3.8, 4) is 5.75 Å². The first-order valence-electron chi connectivity index (χ1n) is 9.01. The molecule has 2 amide bonds. The third-order valence-electron chi connectivity index (χ3n) is 5.65. The van der Waals surface area contributed by atoms with Gasteiger partial charge in [0.25, 0.3) is 5.91 Å². The minimum Gasteiger partial charge on any atom is -0.508 e. The lowest BCUT2D eigenvalue weighted by Gasteiger charge is -2.58. The van der Waals surface area contributed by atoms with Gasteiger partial charge < -0.3 is 15.3 Å². The molecular formula is C21H21FN2O3. The lowest BCUT2D eigenvalue weighted by molar-refractivity contribution is -0.135. The maximum atomic E-state index is 13.8. The molecule has 0 unspecified atom stereocenters. The van der Waals surface area contributed by atoms with E-state index in [4.69, 9.17) is 0 Å². The number of amides is 2. The third kappa shape index (κ3) is 3.16. The number of halogens is 1. The topological polar surface area (TPSA) is 69.6 Å². The highest BCUT2D eigenvalue weighted by molar-refractivity contribution is 5.96. The Hall–Kier alpha value is -2.89. The van der Waals surface area contributed by atoms with Crippen LogP contribution in [0, 0.1) is 24.1 Å². The third-order valence-corrected chi connectivity index (χ3v) is 5.65. The summed E-state index contributed by atoms with van der Waals surface area (Å²) in [5.41, 5.74) is 1.70. The average Bonchev–Trinajstić information content (AvgIpc) is 2.56. The van der Waals surface area contributed by atoms with Crippen LogP contribution >= 0.6 is 0 Å². The predicted octanol–water partition coefficient (Wildman–Crippen LogP) is 3.33. The van der Waals surface area contributed by atoms with Crippen molar-refractivity contribution in [2.75, 3.05) is 18.4 Å². The number of hydrogen-bond donors (Lipinski definition) is 2. The molecule has 140 valence electrons. The monoisotopic (exact) mass is 368 g/mol. The summed E-state index contributed by atoms with van der Waals surface area (Å²) in [6, 6.07) is 11.1. The minimum atomic E-state index is -0.636. The zero-order valence-electron chi connectivity index (χ0n) is 15.0. The van der Waals surface area contributed by atoms with E-state index in [1.807, 2.05) is 31.2 Å². The molecule has 1 aliphatic carbocycles. The molecule has 5 nitrogen and oxygen atoms in total. The Morgan fingerprint density at radius 2 is 1.89 bits per heavy atom. The number of anilines is 1. The quantitative estimate of drug-likeness (QED) is 0.873. The first kappa shape index (κ1) is 17.5. The van der Waals surface area contributed by atoms with Gasteiger partial charge in [0.15, 0.2) is 0 Å². The fraction of sp³-hybridized carbons (Fsp3) is 0.333. The van der Waals surface area contributed by atoms with Crippen molar-refractivity contribution < 1.29 is 19.1 Å².